The molecule has 2 amide bonds. The highest BCUT2D eigenvalue weighted by atomic mass is 32.2. The zero-order valence-corrected chi connectivity index (χ0v) is 20.2. The van der Waals surface area contributed by atoms with Crippen LogP contribution < -0.4 is 10.1 Å². The molecule has 2 aliphatic heterocycles. The Labute approximate surface area is 212 Å². The molecule has 1 N–H and O–H groups in total. The number of carbonyl (C=O) groups is 2. The number of nitrogens with zero attached hydrogens (tertiary/aromatic N) is 3. The van der Waals surface area contributed by atoms with E-state index in [1.54, 1.807) is 12.1 Å². The van der Waals surface area contributed by atoms with Gasteiger partial charge in [0, 0.05) is 18.5 Å². The van der Waals surface area contributed by atoms with E-state index in [9.17, 15) is 14.0 Å². The SMILES string of the molecule is COc1ccc(C2=NN(C3=NC(=O)[C@H](CC(=O)Nc4ccc(F)cc4)S3)[C@H](c3ccccc3)C2)cc1. The number of rotatable bonds is 6. The number of halogens is 1. The van der Waals surface area contributed by atoms with Crippen molar-refractivity contribution in [1.29, 1.82) is 0 Å². The Morgan fingerprint density at radius 1 is 1.08 bits per heavy atom. The number of methoxy groups -OCH3 is 1. The summed E-state index contributed by atoms with van der Waals surface area (Å²) in [6.07, 6.45) is 0.590. The van der Waals surface area contributed by atoms with Gasteiger partial charge in [0.2, 0.25) is 5.91 Å². The van der Waals surface area contributed by atoms with E-state index < -0.39 is 5.25 Å². The molecule has 5 rings (SSSR count). The van der Waals surface area contributed by atoms with Crippen LogP contribution in [0.15, 0.2) is 89.0 Å². The number of hydrazone groups is 1. The fraction of sp³-hybridized carbons (Fsp3) is 0.185. The first kappa shape index (κ1) is 23.7. The fourth-order valence-corrected chi connectivity index (χ4v) is 5.16. The van der Waals surface area contributed by atoms with Crippen LogP contribution in [0.2, 0.25) is 0 Å². The number of benzene rings is 3. The highest BCUT2D eigenvalue weighted by Crippen LogP contribution is 2.38. The van der Waals surface area contributed by atoms with Crippen molar-refractivity contribution in [2.75, 3.05) is 12.4 Å². The second-order valence-electron chi connectivity index (χ2n) is 8.35. The van der Waals surface area contributed by atoms with Gasteiger partial charge in [-0.2, -0.15) is 10.1 Å². The molecule has 0 aromatic heterocycles. The van der Waals surface area contributed by atoms with E-state index in [0.29, 0.717) is 17.3 Å². The topological polar surface area (TPSA) is 83.4 Å². The Morgan fingerprint density at radius 3 is 2.50 bits per heavy atom. The summed E-state index contributed by atoms with van der Waals surface area (Å²) in [7, 11) is 1.62. The normalized spacial score (nSPS) is 19.2. The summed E-state index contributed by atoms with van der Waals surface area (Å²) in [5.74, 6) is -0.339. The first-order valence-corrected chi connectivity index (χ1v) is 12.3. The number of amides is 2. The van der Waals surface area contributed by atoms with Gasteiger partial charge >= 0.3 is 0 Å². The minimum atomic E-state index is -0.655. The van der Waals surface area contributed by atoms with Crippen molar-refractivity contribution in [2.24, 2.45) is 10.1 Å². The van der Waals surface area contributed by atoms with Crippen LogP contribution >= 0.6 is 11.8 Å². The monoisotopic (exact) mass is 502 g/mol. The van der Waals surface area contributed by atoms with Crippen molar-refractivity contribution in [1.82, 2.24) is 5.01 Å². The summed E-state index contributed by atoms with van der Waals surface area (Å²) < 4.78 is 18.4. The standard InChI is InChI=1S/C27H23FN4O3S/c1-35-21-13-7-17(8-14-21)22-15-23(18-5-3-2-4-6-18)32(31-22)27-30-26(34)24(36-27)16-25(33)29-20-11-9-19(28)10-12-20/h2-14,23-24H,15-16H2,1H3,(H,29,33)/t23-,24-/m0/s1. The van der Waals surface area contributed by atoms with Crippen molar-refractivity contribution in [2.45, 2.75) is 24.1 Å². The molecule has 7 nitrogen and oxygen atoms in total. The van der Waals surface area contributed by atoms with Crippen molar-refractivity contribution in [3.63, 3.8) is 0 Å². The second kappa shape index (κ2) is 10.3. The second-order valence-corrected chi connectivity index (χ2v) is 9.52. The molecule has 0 fully saturated rings. The van der Waals surface area contributed by atoms with Gasteiger partial charge < -0.3 is 10.1 Å². The molecule has 0 saturated carbocycles. The van der Waals surface area contributed by atoms with Gasteiger partial charge in [-0.15, -0.1) is 0 Å². The molecule has 2 atom stereocenters. The molecule has 0 radical (unpaired) electrons. The van der Waals surface area contributed by atoms with Crippen LogP contribution in [-0.2, 0) is 9.59 Å². The number of carbonyl (C=O) groups excluding carboxylic acids is 2. The average molecular weight is 503 g/mol. The van der Waals surface area contributed by atoms with Crippen LogP contribution in [0.3, 0.4) is 0 Å². The van der Waals surface area contributed by atoms with Gasteiger partial charge in [0.05, 0.1) is 18.9 Å². The first-order valence-electron chi connectivity index (χ1n) is 11.4. The van der Waals surface area contributed by atoms with Crippen molar-refractivity contribution < 1.29 is 18.7 Å². The molecule has 0 unspecified atom stereocenters. The molecule has 0 spiro atoms. The zero-order valence-electron chi connectivity index (χ0n) is 19.4. The molecule has 0 saturated heterocycles. The molecule has 182 valence electrons. The summed E-state index contributed by atoms with van der Waals surface area (Å²) in [4.78, 5) is 29.5. The Balaban J connectivity index is 1.33. The number of aliphatic imine (C=N–C) groups is 1. The smallest absolute Gasteiger partial charge is 0.262 e. The third-order valence-electron chi connectivity index (χ3n) is 5.94. The lowest BCUT2D eigenvalue weighted by Crippen LogP contribution is -2.25. The van der Waals surface area contributed by atoms with E-state index in [1.165, 1.54) is 36.0 Å². The molecular formula is C27H23FN4O3S. The maximum absolute atomic E-state index is 13.1. The molecular weight excluding hydrogens is 479 g/mol. The minimum absolute atomic E-state index is 0.0488. The van der Waals surface area contributed by atoms with E-state index >= 15 is 0 Å². The van der Waals surface area contributed by atoms with Gasteiger partial charge in [-0.1, -0.05) is 42.1 Å². The van der Waals surface area contributed by atoms with Gasteiger partial charge in [-0.3, -0.25) is 9.59 Å². The van der Waals surface area contributed by atoms with Crippen LogP contribution in [-0.4, -0.2) is 40.1 Å². The number of anilines is 1. The lowest BCUT2D eigenvalue weighted by atomic mass is 9.98. The summed E-state index contributed by atoms with van der Waals surface area (Å²) in [5.41, 5.74) is 3.36. The van der Waals surface area contributed by atoms with Crippen LogP contribution in [0.5, 0.6) is 5.75 Å². The van der Waals surface area contributed by atoms with Crippen molar-refractivity contribution in [3.8, 4) is 5.75 Å². The molecule has 2 heterocycles. The molecule has 0 bridgehead atoms. The molecule has 0 aliphatic carbocycles. The predicted octanol–water partition coefficient (Wildman–Crippen LogP) is 5.01. The van der Waals surface area contributed by atoms with Crippen LogP contribution in [0.4, 0.5) is 10.1 Å². The highest BCUT2D eigenvalue weighted by molar-refractivity contribution is 8.15. The van der Waals surface area contributed by atoms with Gasteiger partial charge in [0.15, 0.2) is 5.17 Å². The number of hydrogen-bond acceptors (Lipinski definition) is 6. The first-order chi connectivity index (χ1) is 17.5. The quantitative estimate of drug-likeness (QED) is 0.512. The summed E-state index contributed by atoms with van der Waals surface area (Å²) in [6, 6.07) is 23.0. The lowest BCUT2D eigenvalue weighted by molar-refractivity contribution is -0.121. The molecule has 3 aromatic rings. The third kappa shape index (κ3) is 5.16. The van der Waals surface area contributed by atoms with Gasteiger partial charge in [-0.25, -0.2) is 9.40 Å². The number of ether oxygens (including phenoxy) is 1. The summed E-state index contributed by atoms with van der Waals surface area (Å²) in [6.45, 7) is 0. The lowest BCUT2D eigenvalue weighted by Gasteiger charge is -2.23. The minimum Gasteiger partial charge on any atom is -0.497 e. The van der Waals surface area contributed by atoms with E-state index in [1.807, 2.05) is 54.6 Å². The van der Waals surface area contributed by atoms with Gasteiger partial charge in [-0.05, 0) is 59.7 Å². The van der Waals surface area contributed by atoms with Crippen molar-refractivity contribution >= 4 is 40.1 Å². The Kier molecular flexibility index (Phi) is 6.81. The van der Waals surface area contributed by atoms with E-state index in [0.717, 1.165) is 22.6 Å². The van der Waals surface area contributed by atoms with Crippen molar-refractivity contribution in [3.05, 3.63) is 95.8 Å². The fourth-order valence-electron chi connectivity index (χ4n) is 4.10. The third-order valence-corrected chi connectivity index (χ3v) is 7.08. The van der Waals surface area contributed by atoms with Gasteiger partial charge in [0.25, 0.3) is 5.91 Å². The molecule has 3 aromatic carbocycles. The Bertz CT molecular complexity index is 1330. The van der Waals surface area contributed by atoms with E-state index in [2.05, 4.69) is 10.3 Å². The van der Waals surface area contributed by atoms with Crippen LogP contribution in [0, 0.1) is 5.82 Å². The predicted molar refractivity (Wildman–Crippen MR) is 139 cm³/mol. The van der Waals surface area contributed by atoms with E-state index in [4.69, 9.17) is 9.84 Å². The van der Waals surface area contributed by atoms with Crippen LogP contribution in [0.25, 0.3) is 0 Å². The number of amidine groups is 1. The number of hydrogen-bond donors (Lipinski definition) is 1. The largest absolute Gasteiger partial charge is 0.497 e. The molecule has 36 heavy (non-hydrogen) atoms. The number of nitrogens with one attached hydrogen (secondary N) is 1. The number of thioether (sulfide) groups is 1. The molecule has 2 aliphatic rings. The zero-order chi connectivity index (χ0) is 25.1. The Hall–Kier alpha value is -3.98. The van der Waals surface area contributed by atoms with Gasteiger partial charge in [0.1, 0.15) is 16.8 Å². The maximum atomic E-state index is 13.1. The Morgan fingerprint density at radius 2 is 1.81 bits per heavy atom. The average Bonchev–Trinajstić information content (AvgIpc) is 3.50. The maximum Gasteiger partial charge on any atom is 0.262 e. The molecule has 9 heteroatoms. The summed E-state index contributed by atoms with van der Waals surface area (Å²) in [5, 5.41) is 9.15. The summed E-state index contributed by atoms with van der Waals surface area (Å²) >= 11 is 1.24. The highest BCUT2D eigenvalue weighted by Gasteiger charge is 2.39. The van der Waals surface area contributed by atoms with E-state index in [-0.39, 0.29) is 30.1 Å². The van der Waals surface area contributed by atoms with Crippen LogP contribution in [0.1, 0.15) is 30.0 Å².